The number of benzene rings is 1. The SMILES string of the molecule is CC(C)NC(=O)c1cc(-c2ccco2)nc2ccccc12. The number of pyridine rings is 1. The van der Waals surface area contributed by atoms with Crippen molar-refractivity contribution in [3.05, 3.63) is 54.3 Å². The molecule has 3 rings (SSSR count). The molecule has 0 radical (unpaired) electrons. The molecule has 0 aliphatic carbocycles. The van der Waals surface area contributed by atoms with Crippen molar-refractivity contribution < 1.29 is 9.21 Å². The third-order valence-electron chi connectivity index (χ3n) is 3.15. The van der Waals surface area contributed by atoms with Crippen molar-refractivity contribution >= 4 is 16.8 Å². The van der Waals surface area contributed by atoms with E-state index in [4.69, 9.17) is 4.42 Å². The second-order valence-corrected chi connectivity index (χ2v) is 5.18. The van der Waals surface area contributed by atoms with Crippen molar-refractivity contribution in [1.82, 2.24) is 10.3 Å². The number of carbonyl (C=O) groups excluding carboxylic acids is 1. The van der Waals surface area contributed by atoms with Gasteiger partial charge in [0.1, 0.15) is 5.69 Å². The van der Waals surface area contributed by atoms with Crippen LogP contribution in [0.25, 0.3) is 22.4 Å². The maximum Gasteiger partial charge on any atom is 0.252 e. The molecule has 106 valence electrons. The Balaban J connectivity index is 2.18. The number of nitrogens with one attached hydrogen (secondary N) is 1. The highest BCUT2D eigenvalue weighted by atomic mass is 16.3. The van der Waals surface area contributed by atoms with Gasteiger partial charge in [-0.1, -0.05) is 18.2 Å². The van der Waals surface area contributed by atoms with Gasteiger partial charge in [0.2, 0.25) is 0 Å². The van der Waals surface area contributed by atoms with E-state index in [1.807, 2.05) is 44.2 Å². The third-order valence-corrected chi connectivity index (χ3v) is 3.15. The van der Waals surface area contributed by atoms with Crippen LogP contribution in [0.3, 0.4) is 0 Å². The number of para-hydroxylation sites is 1. The first-order valence-electron chi connectivity index (χ1n) is 6.89. The van der Waals surface area contributed by atoms with Crippen LogP contribution in [0.2, 0.25) is 0 Å². The van der Waals surface area contributed by atoms with Crippen LogP contribution < -0.4 is 5.32 Å². The fourth-order valence-electron chi connectivity index (χ4n) is 2.25. The summed E-state index contributed by atoms with van der Waals surface area (Å²) < 4.78 is 5.39. The summed E-state index contributed by atoms with van der Waals surface area (Å²) in [5, 5.41) is 3.77. The van der Waals surface area contributed by atoms with Crippen molar-refractivity contribution in [3.8, 4) is 11.5 Å². The Morgan fingerprint density at radius 3 is 2.71 bits per heavy atom. The van der Waals surface area contributed by atoms with Gasteiger partial charge >= 0.3 is 0 Å². The van der Waals surface area contributed by atoms with Crippen molar-refractivity contribution in [1.29, 1.82) is 0 Å². The summed E-state index contributed by atoms with van der Waals surface area (Å²) in [7, 11) is 0. The van der Waals surface area contributed by atoms with Gasteiger partial charge < -0.3 is 9.73 Å². The molecule has 4 nitrogen and oxygen atoms in total. The Hall–Kier alpha value is -2.62. The summed E-state index contributed by atoms with van der Waals surface area (Å²) in [5.74, 6) is 0.552. The van der Waals surface area contributed by atoms with E-state index in [9.17, 15) is 4.79 Å². The molecule has 1 N–H and O–H groups in total. The van der Waals surface area contributed by atoms with Crippen LogP contribution >= 0.6 is 0 Å². The molecule has 0 fully saturated rings. The van der Waals surface area contributed by atoms with Crippen LogP contribution in [-0.4, -0.2) is 16.9 Å². The summed E-state index contributed by atoms with van der Waals surface area (Å²) >= 11 is 0. The number of aromatic nitrogens is 1. The maximum atomic E-state index is 12.4. The Morgan fingerprint density at radius 1 is 1.19 bits per heavy atom. The zero-order chi connectivity index (χ0) is 14.8. The number of hydrogen-bond donors (Lipinski definition) is 1. The van der Waals surface area contributed by atoms with Gasteiger partial charge in [0.25, 0.3) is 5.91 Å². The topological polar surface area (TPSA) is 55.1 Å². The van der Waals surface area contributed by atoms with Gasteiger partial charge in [0.05, 0.1) is 17.3 Å². The molecule has 1 aromatic carbocycles. The van der Waals surface area contributed by atoms with Gasteiger partial charge in [0.15, 0.2) is 5.76 Å². The lowest BCUT2D eigenvalue weighted by Crippen LogP contribution is -2.30. The number of rotatable bonds is 3. The standard InChI is InChI=1S/C17H16N2O2/c1-11(2)18-17(20)13-10-15(16-8-5-9-21-16)19-14-7-4-3-6-12(13)14/h3-11H,1-2H3,(H,18,20). The van der Waals surface area contributed by atoms with Gasteiger partial charge in [-0.15, -0.1) is 0 Å². The summed E-state index contributed by atoms with van der Waals surface area (Å²) in [4.78, 5) is 17.0. The molecule has 0 atom stereocenters. The minimum atomic E-state index is -0.101. The summed E-state index contributed by atoms with van der Waals surface area (Å²) in [6.45, 7) is 3.88. The summed E-state index contributed by atoms with van der Waals surface area (Å²) in [5.41, 5.74) is 2.05. The van der Waals surface area contributed by atoms with Crippen LogP contribution in [0.15, 0.2) is 53.1 Å². The van der Waals surface area contributed by atoms with E-state index in [0.717, 1.165) is 10.9 Å². The van der Waals surface area contributed by atoms with E-state index in [-0.39, 0.29) is 11.9 Å². The molecule has 0 saturated carbocycles. The van der Waals surface area contributed by atoms with E-state index < -0.39 is 0 Å². The van der Waals surface area contributed by atoms with Crippen LogP contribution in [0, 0.1) is 0 Å². The summed E-state index contributed by atoms with van der Waals surface area (Å²) in [6, 6.07) is 13.1. The number of nitrogens with zero attached hydrogens (tertiary/aromatic N) is 1. The van der Waals surface area contributed by atoms with Gasteiger partial charge in [0, 0.05) is 11.4 Å². The number of furan rings is 1. The normalized spacial score (nSPS) is 11.0. The second-order valence-electron chi connectivity index (χ2n) is 5.18. The largest absolute Gasteiger partial charge is 0.463 e. The minimum Gasteiger partial charge on any atom is -0.463 e. The number of amides is 1. The third kappa shape index (κ3) is 2.65. The highest BCUT2D eigenvalue weighted by molar-refractivity contribution is 6.07. The first-order chi connectivity index (χ1) is 10.1. The highest BCUT2D eigenvalue weighted by Crippen LogP contribution is 2.25. The smallest absolute Gasteiger partial charge is 0.252 e. The fourth-order valence-corrected chi connectivity index (χ4v) is 2.25. The molecule has 3 aromatic rings. The molecule has 2 heterocycles. The molecule has 0 unspecified atom stereocenters. The molecule has 4 heteroatoms. The van der Waals surface area contributed by atoms with Crippen molar-refractivity contribution in [2.24, 2.45) is 0 Å². The average Bonchev–Trinajstić information content (AvgIpc) is 2.99. The first kappa shape index (κ1) is 13.4. The molecular formula is C17H16N2O2. The zero-order valence-electron chi connectivity index (χ0n) is 12.0. The van der Waals surface area contributed by atoms with E-state index in [0.29, 0.717) is 17.0 Å². The van der Waals surface area contributed by atoms with Gasteiger partial charge in [-0.25, -0.2) is 4.98 Å². The second kappa shape index (κ2) is 5.40. The number of fused-ring (bicyclic) bond motifs is 1. The molecule has 1 amide bonds. The first-order valence-corrected chi connectivity index (χ1v) is 6.89. The van der Waals surface area contributed by atoms with E-state index in [2.05, 4.69) is 10.3 Å². The van der Waals surface area contributed by atoms with Crippen LogP contribution in [0.1, 0.15) is 24.2 Å². The molecular weight excluding hydrogens is 264 g/mol. The van der Waals surface area contributed by atoms with E-state index in [1.165, 1.54) is 0 Å². The Kier molecular flexibility index (Phi) is 3.44. The molecule has 0 bridgehead atoms. The van der Waals surface area contributed by atoms with E-state index >= 15 is 0 Å². The highest BCUT2D eigenvalue weighted by Gasteiger charge is 2.15. The predicted molar refractivity (Wildman–Crippen MR) is 82.0 cm³/mol. The lowest BCUT2D eigenvalue weighted by molar-refractivity contribution is 0.0945. The quantitative estimate of drug-likeness (QED) is 0.797. The Morgan fingerprint density at radius 2 is 2.00 bits per heavy atom. The van der Waals surface area contributed by atoms with Gasteiger partial charge in [-0.2, -0.15) is 0 Å². The average molecular weight is 280 g/mol. The zero-order valence-corrected chi connectivity index (χ0v) is 12.0. The van der Waals surface area contributed by atoms with E-state index in [1.54, 1.807) is 18.4 Å². The van der Waals surface area contributed by atoms with Gasteiger partial charge in [-0.05, 0) is 38.1 Å². The summed E-state index contributed by atoms with van der Waals surface area (Å²) in [6.07, 6.45) is 1.60. The lowest BCUT2D eigenvalue weighted by Gasteiger charge is -2.11. The molecule has 0 aliphatic heterocycles. The molecule has 0 saturated heterocycles. The predicted octanol–water partition coefficient (Wildman–Crippen LogP) is 3.63. The maximum absolute atomic E-state index is 12.4. The lowest BCUT2D eigenvalue weighted by atomic mass is 10.1. The Labute approximate surface area is 122 Å². The fraction of sp³-hybridized carbons (Fsp3) is 0.176. The van der Waals surface area contributed by atoms with Crippen LogP contribution in [0.4, 0.5) is 0 Å². The Bertz CT molecular complexity index is 777. The van der Waals surface area contributed by atoms with Gasteiger partial charge in [-0.3, -0.25) is 4.79 Å². The van der Waals surface area contributed by atoms with Crippen molar-refractivity contribution in [3.63, 3.8) is 0 Å². The molecule has 0 aliphatic rings. The molecule has 21 heavy (non-hydrogen) atoms. The minimum absolute atomic E-state index is 0.0801. The van der Waals surface area contributed by atoms with Crippen LogP contribution in [-0.2, 0) is 0 Å². The molecule has 0 spiro atoms. The van der Waals surface area contributed by atoms with Crippen LogP contribution in [0.5, 0.6) is 0 Å². The monoisotopic (exact) mass is 280 g/mol. The number of hydrogen-bond acceptors (Lipinski definition) is 3. The molecule has 2 aromatic heterocycles. The number of carbonyl (C=O) groups is 1. The van der Waals surface area contributed by atoms with Crippen molar-refractivity contribution in [2.45, 2.75) is 19.9 Å². The van der Waals surface area contributed by atoms with Crippen molar-refractivity contribution in [2.75, 3.05) is 0 Å².